The number of hydrogen-bond acceptors (Lipinski definition) is 21. The SMILES string of the molecule is CC(=O)N[C@H]1[C@H](OC[C@H]2OC(O)[C@H](NC(C)=O)[C@@H](O[C@@H]3O[C@H](CO)[C@H](O)[C@H](O)[C@H]3O)[C@H]2O)O[C@H](CO)[C@@H](O[C@@H]2O[C@H](CO)[C@H](O)[C@H](O)[C@H]2O)[C@@H]1O. The fourth-order valence-electron chi connectivity index (χ4n) is 6.25. The second kappa shape index (κ2) is 18.0. The molecule has 1 unspecified atom stereocenters. The van der Waals surface area contributed by atoms with Gasteiger partial charge in [0, 0.05) is 13.8 Å². The number of ether oxygens (including phenoxy) is 7. The molecule has 4 saturated heterocycles. The molecule has 14 N–H and O–H groups in total. The Morgan fingerprint density at radius 2 is 0.961 bits per heavy atom. The zero-order chi connectivity index (χ0) is 37.9. The first kappa shape index (κ1) is 41.9. The van der Waals surface area contributed by atoms with Gasteiger partial charge < -0.3 is 105 Å². The van der Waals surface area contributed by atoms with E-state index in [-0.39, 0.29) is 0 Å². The molecule has 4 aliphatic rings. The van der Waals surface area contributed by atoms with Crippen LogP contribution in [-0.2, 0) is 42.7 Å². The number of aliphatic hydroxyl groups is 12. The molecule has 0 spiro atoms. The first-order chi connectivity index (χ1) is 24.0. The van der Waals surface area contributed by atoms with E-state index >= 15 is 0 Å². The normalized spacial score (nSPS) is 47.8. The molecule has 23 nitrogen and oxygen atoms in total. The van der Waals surface area contributed by atoms with E-state index in [4.69, 9.17) is 33.2 Å². The Kier molecular flexibility index (Phi) is 14.8. The molecule has 4 rings (SSSR count). The third-order valence-corrected chi connectivity index (χ3v) is 8.99. The summed E-state index contributed by atoms with van der Waals surface area (Å²) in [6, 6.07) is -3.01. The predicted octanol–water partition coefficient (Wildman–Crippen LogP) is -9.46. The molecule has 2 amide bonds. The third kappa shape index (κ3) is 9.29. The fraction of sp³-hybridized carbons (Fsp3) is 0.929. The van der Waals surface area contributed by atoms with Gasteiger partial charge in [-0.1, -0.05) is 0 Å². The van der Waals surface area contributed by atoms with E-state index in [1.54, 1.807) is 0 Å². The zero-order valence-corrected chi connectivity index (χ0v) is 27.4. The lowest BCUT2D eigenvalue weighted by atomic mass is 9.94. The van der Waals surface area contributed by atoms with Crippen molar-refractivity contribution in [3.05, 3.63) is 0 Å². The van der Waals surface area contributed by atoms with Gasteiger partial charge in [0.15, 0.2) is 25.2 Å². The van der Waals surface area contributed by atoms with Crippen LogP contribution in [0, 0.1) is 0 Å². The average Bonchev–Trinajstić information content (AvgIpc) is 3.08. The summed E-state index contributed by atoms with van der Waals surface area (Å²) in [5.74, 6) is -1.41. The molecule has 4 heterocycles. The summed E-state index contributed by atoms with van der Waals surface area (Å²) in [7, 11) is 0. The quantitative estimate of drug-likeness (QED) is 0.0881. The first-order valence-corrected chi connectivity index (χ1v) is 16.1. The van der Waals surface area contributed by atoms with Crippen molar-refractivity contribution < 1.29 is 104 Å². The Balaban J connectivity index is 1.51. The van der Waals surface area contributed by atoms with Crippen LogP contribution >= 0.6 is 0 Å². The molecule has 0 aromatic heterocycles. The molecule has 0 aliphatic carbocycles. The van der Waals surface area contributed by atoms with E-state index in [1.807, 2.05) is 0 Å². The topological polar surface area (TPSA) is 366 Å². The Morgan fingerprint density at radius 3 is 1.43 bits per heavy atom. The number of carbonyl (C=O) groups is 2. The van der Waals surface area contributed by atoms with Crippen molar-refractivity contribution in [1.82, 2.24) is 10.6 Å². The maximum atomic E-state index is 12.1. The monoisotopic (exact) mass is 748 g/mol. The van der Waals surface area contributed by atoms with Crippen LogP contribution in [0.2, 0.25) is 0 Å². The second-order valence-corrected chi connectivity index (χ2v) is 12.7. The maximum Gasteiger partial charge on any atom is 0.217 e. The van der Waals surface area contributed by atoms with Gasteiger partial charge in [0.2, 0.25) is 11.8 Å². The van der Waals surface area contributed by atoms with Crippen molar-refractivity contribution in [3.8, 4) is 0 Å². The fourth-order valence-corrected chi connectivity index (χ4v) is 6.25. The molecule has 0 saturated carbocycles. The molecule has 51 heavy (non-hydrogen) atoms. The minimum Gasteiger partial charge on any atom is -0.394 e. The van der Waals surface area contributed by atoms with Crippen LogP contribution in [0.5, 0.6) is 0 Å². The summed E-state index contributed by atoms with van der Waals surface area (Å²) in [4.78, 5) is 24.1. The lowest BCUT2D eigenvalue weighted by Gasteiger charge is -2.48. The summed E-state index contributed by atoms with van der Waals surface area (Å²) in [5, 5.41) is 129. The van der Waals surface area contributed by atoms with Crippen LogP contribution in [0.15, 0.2) is 0 Å². The second-order valence-electron chi connectivity index (χ2n) is 12.7. The van der Waals surface area contributed by atoms with Gasteiger partial charge in [-0.15, -0.1) is 0 Å². The third-order valence-electron chi connectivity index (χ3n) is 8.99. The Hall–Kier alpha value is -1.82. The van der Waals surface area contributed by atoms with Gasteiger partial charge in [-0.3, -0.25) is 9.59 Å². The van der Waals surface area contributed by atoms with Gasteiger partial charge in [0.25, 0.3) is 0 Å². The van der Waals surface area contributed by atoms with Gasteiger partial charge in [-0.2, -0.15) is 0 Å². The smallest absolute Gasteiger partial charge is 0.217 e. The summed E-state index contributed by atoms with van der Waals surface area (Å²) in [6.45, 7) is -0.987. The van der Waals surface area contributed by atoms with E-state index in [1.165, 1.54) is 0 Å². The molecule has 20 atom stereocenters. The predicted molar refractivity (Wildman–Crippen MR) is 157 cm³/mol. The van der Waals surface area contributed by atoms with Gasteiger partial charge >= 0.3 is 0 Å². The first-order valence-electron chi connectivity index (χ1n) is 16.1. The van der Waals surface area contributed by atoms with E-state index < -0.39 is 161 Å². The van der Waals surface area contributed by atoms with Gasteiger partial charge in [0.1, 0.15) is 97.5 Å². The number of nitrogens with one attached hydrogen (secondary N) is 2. The maximum absolute atomic E-state index is 12.1. The van der Waals surface area contributed by atoms with Gasteiger partial charge in [-0.25, -0.2) is 0 Å². The van der Waals surface area contributed by atoms with E-state index in [0.29, 0.717) is 0 Å². The molecule has 0 bridgehead atoms. The highest BCUT2D eigenvalue weighted by Gasteiger charge is 2.54. The molecule has 4 aliphatic heterocycles. The molecule has 296 valence electrons. The van der Waals surface area contributed by atoms with Crippen molar-refractivity contribution in [2.45, 2.75) is 137 Å². The van der Waals surface area contributed by atoms with Crippen LogP contribution in [0.1, 0.15) is 13.8 Å². The van der Waals surface area contributed by atoms with Crippen LogP contribution in [0.4, 0.5) is 0 Å². The molecule has 0 radical (unpaired) electrons. The molecule has 0 aromatic carbocycles. The number of aliphatic hydroxyl groups excluding tert-OH is 12. The van der Waals surface area contributed by atoms with Crippen molar-refractivity contribution in [2.24, 2.45) is 0 Å². The van der Waals surface area contributed by atoms with Crippen molar-refractivity contribution in [2.75, 3.05) is 26.4 Å². The van der Waals surface area contributed by atoms with Gasteiger partial charge in [0.05, 0.1) is 26.4 Å². The van der Waals surface area contributed by atoms with Crippen molar-refractivity contribution in [1.29, 1.82) is 0 Å². The van der Waals surface area contributed by atoms with Crippen LogP contribution < -0.4 is 10.6 Å². The highest BCUT2D eigenvalue weighted by molar-refractivity contribution is 5.73. The summed E-state index contributed by atoms with van der Waals surface area (Å²) >= 11 is 0. The largest absolute Gasteiger partial charge is 0.394 e. The van der Waals surface area contributed by atoms with Crippen LogP contribution in [0.25, 0.3) is 0 Å². The summed E-state index contributed by atoms with van der Waals surface area (Å²) in [6.07, 6.45) is -30.8. The molecular weight excluding hydrogens is 700 g/mol. The Labute approximate surface area is 289 Å². The molecule has 23 heteroatoms. The van der Waals surface area contributed by atoms with E-state index in [9.17, 15) is 70.9 Å². The Morgan fingerprint density at radius 1 is 0.510 bits per heavy atom. The van der Waals surface area contributed by atoms with E-state index in [2.05, 4.69) is 10.6 Å². The molecule has 0 aromatic rings. The Bertz CT molecular complexity index is 1140. The van der Waals surface area contributed by atoms with Crippen LogP contribution in [0.3, 0.4) is 0 Å². The van der Waals surface area contributed by atoms with Crippen LogP contribution in [-0.4, -0.2) is 222 Å². The lowest BCUT2D eigenvalue weighted by molar-refractivity contribution is -0.356. The lowest BCUT2D eigenvalue weighted by Crippen LogP contribution is -2.69. The summed E-state index contributed by atoms with van der Waals surface area (Å²) in [5.41, 5.74) is 0. The number of amides is 2. The summed E-state index contributed by atoms with van der Waals surface area (Å²) < 4.78 is 39.0. The minimum atomic E-state index is -1.92. The minimum absolute atomic E-state index is 0.703. The van der Waals surface area contributed by atoms with Crippen molar-refractivity contribution in [3.63, 3.8) is 0 Å². The molecular formula is C28H48N2O21. The van der Waals surface area contributed by atoms with Crippen molar-refractivity contribution >= 4 is 11.8 Å². The number of hydrogen-bond donors (Lipinski definition) is 14. The van der Waals surface area contributed by atoms with E-state index in [0.717, 1.165) is 13.8 Å². The highest BCUT2D eigenvalue weighted by atomic mass is 16.7. The number of rotatable bonds is 12. The zero-order valence-electron chi connectivity index (χ0n) is 27.4. The number of carbonyl (C=O) groups excluding carboxylic acids is 2. The molecule has 4 fully saturated rings. The average molecular weight is 749 g/mol. The highest BCUT2D eigenvalue weighted by Crippen LogP contribution is 2.32. The van der Waals surface area contributed by atoms with Gasteiger partial charge in [-0.05, 0) is 0 Å². The standard InChI is InChI=1S/C28H48N2O21/c1-7(34)29-13-18(39)23(50-27-21(42)19(40)15(36)9(3-31)47-27)11(5-33)49-26(13)45-6-12-17(38)24(14(25(44)46-12)30-8(2)35)51-28-22(43)20(41)16(37)10(4-32)48-28/h9-28,31-33,36-44H,3-6H2,1-2H3,(H,29,34)(H,30,35)/t9-,10-,11-,12-,13-,14-,15+,16+,17+,18-,19+,20+,21-,22-,23-,24-,25?,26-,27+,28+/m1/s1.